The van der Waals surface area contributed by atoms with Crippen LogP contribution in [0.2, 0.25) is 0 Å². The van der Waals surface area contributed by atoms with Crippen molar-refractivity contribution in [1.29, 1.82) is 0 Å². The summed E-state index contributed by atoms with van der Waals surface area (Å²) in [6, 6.07) is 4.97. The molecular formula is C16H24F2N2. The van der Waals surface area contributed by atoms with Crippen molar-refractivity contribution >= 4 is 0 Å². The van der Waals surface area contributed by atoms with Crippen LogP contribution in [0.1, 0.15) is 44.2 Å². The van der Waals surface area contributed by atoms with Crippen LogP contribution in [0.25, 0.3) is 0 Å². The fourth-order valence-corrected chi connectivity index (χ4v) is 2.75. The number of rotatable bonds is 7. The van der Waals surface area contributed by atoms with Crippen molar-refractivity contribution < 1.29 is 8.78 Å². The lowest BCUT2D eigenvalue weighted by atomic mass is 9.91. The van der Waals surface area contributed by atoms with Crippen molar-refractivity contribution in [2.45, 2.75) is 44.7 Å². The maximum Gasteiger partial charge on any atom is 0.163 e. The fraction of sp³-hybridized carbons (Fsp3) is 0.625. The highest BCUT2D eigenvalue weighted by molar-refractivity contribution is 5.22. The molecule has 0 aliphatic heterocycles. The Bertz CT molecular complexity index is 432. The van der Waals surface area contributed by atoms with Gasteiger partial charge in [-0.3, -0.25) is 0 Å². The molecule has 1 N–H and O–H groups in total. The van der Waals surface area contributed by atoms with Gasteiger partial charge in [-0.2, -0.15) is 0 Å². The minimum absolute atomic E-state index is 0.127. The predicted octanol–water partition coefficient (Wildman–Crippen LogP) is 3.49. The Morgan fingerprint density at radius 2 is 2.10 bits per heavy atom. The SMILES string of the molecule is CCNC(CCN(C)C1CCC1)c1cccc(F)c1F. The Morgan fingerprint density at radius 1 is 1.35 bits per heavy atom. The van der Waals surface area contributed by atoms with E-state index in [0.717, 1.165) is 19.5 Å². The highest BCUT2D eigenvalue weighted by Gasteiger charge is 2.23. The standard InChI is InChI=1S/C16H24F2N2/c1-3-19-15(10-11-20(2)12-6-4-7-12)13-8-5-9-14(17)16(13)18/h5,8-9,12,15,19H,3-4,6-7,10-11H2,1-2H3. The molecule has 0 bridgehead atoms. The van der Waals surface area contributed by atoms with Crippen LogP contribution >= 0.6 is 0 Å². The Kier molecular flexibility index (Phi) is 5.49. The van der Waals surface area contributed by atoms with Crippen LogP contribution in [0.5, 0.6) is 0 Å². The van der Waals surface area contributed by atoms with E-state index in [4.69, 9.17) is 0 Å². The average Bonchev–Trinajstić information content (AvgIpc) is 2.36. The molecule has 1 aromatic rings. The third-order valence-corrected chi connectivity index (χ3v) is 4.28. The molecular weight excluding hydrogens is 258 g/mol. The van der Waals surface area contributed by atoms with Gasteiger partial charge in [0.15, 0.2) is 11.6 Å². The van der Waals surface area contributed by atoms with Crippen LogP contribution in [0.3, 0.4) is 0 Å². The lowest BCUT2D eigenvalue weighted by Gasteiger charge is -2.35. The molecule has 0 aromatic heterocycles. The van der Waals surface area contributed by atoms with E-state index < -0.39 is 11.6 Å². The number of benzene rings is 1. The highest BCUT2D eigenvalue weighted by Crippen LogP contribution is 2.26. The van der Waals surface area contributed by atoms with E-state index in [1.807, 2.05) is 6.92 Å². The van der Waals surface area contributed by atoms with E-state index in [-0.39, 0.29) is 6.04 Å². The summed E-state index contributed by atoms with van der Waals surface area (Å²) in [5.74, 6) is -1.48. The van der Waals surface area contributed by atoms with Crippen LogP contribution in [0.15, 0.2) is 18.2 Å². The van der Waals surface area contributed by atoms with Gasteiger partial charge in [-0.05, 0) is 45.5 Å². The van der Waals surface area contributed by atoms with Gasteiger partial charge in [0, 0.05) is 17.6 Å². The van der Waals surface area contributed by atoms with Crippen molar-refractivity contribution in [2.75, 3.05) is 20.1 Å². The minimum Gasteiger partial charge on any atom is -0.310 e. The average molecular weight is 282 g/mol. The molecule has 112 valence electrons. The molecule has 0 saturated heterocycles. The summed E-state index contributed by atoms with van der Waals surface area (Å²) in [5, 5.41) is 3.26. The topological polar surface area (TPSA) is 15.3 Å². The molecule has 0 amide bonds. The maximum atomic E-state index is 13.9. The second kappa shape index (κ2) is 7.14. The number of nitrogens with zero attached hydrogens (tertiary/aromatic N) is 1. The Morgan fingerprint density at radius 3 is 2.70 bits per heavy atom. The Labute approximate surface area is 120 Å². The van der Waals surface area contributed by atoms with Crippen LogP contribution in [-0.4, -0.2) is 31.1 Å². The summed E-state index contributed by atoms with van der Waals surface area (Å²) in [7, 11) is 2.12. The quantitative estimate of drug-likeness (QED) is 0.823. The Balaban J connectivity index is 2.00. The number of hydrogen-bond donors (Lipinski definition) is 1. The van der Waals surface area contributed by atoms with Gasteiger partial charge < -0.3 is 10.2 Å². The molecule has 1 atom stereocenters. The summed E-state index contributed by atoms with van der Waals surface area (Å²) in [6.45, 7) is 3.63. The smallest absolute Gasteiger partial charge is 0.163 e. The van der Waals surface area contributed by atoms with Crippen molar-refractivity contribution in [3.05, 3.63) is 35.4 Å². The highest BCUT2D eigenvalue weighted by atomic mass is 19.2. The zero-order valence-electron chi connectivity index (χ0n) is 12.3. The van der Waals surface area contributed by atoms with Gasteiger partial charge in [-0.15, -0.1) is 0 Å². The molecule has 4 heteroatoms. The van der Waals surface area contributed by atoms with Crippen LogP contribution in [-0.2, 0) is 0 Å². The van der Waals surface area contributed by atoms with E-state index in [1.54, 1.807) is 12.1 Å². The zero-order valence-corrected chi connectivity index (χ0v) is 12.3. The molecule has 1 aliphatic rings. The summed E-state index contributed by atoms with van der Waals surface area (Å²) in [4.78, 5) is 2.34. The second-order valence-corrected chi connectivity index (χ2v) is 5.61. The first-order chi connectivity index (χ1) is 9.63. The molecule has 1 saturated carbocycles. The van der Waals surface area contributed by atoms with Crippen molar-refractivity contribution in [1.82, 2.24) is 10.2 Å². The fourth-order valence-electron chi connectivity index (χ4n) is 2.75. The molecule has 20 heavy (non-hydrogen) atoms. The summed E-state index contributed by atoms with van der Waals surface area (Å²) in [5.41, 5.74) is 0.439. The van der Waals surface area contributed by atoms with Crippen LogP contribution < -0.4 is 5.32 Å². The Hall–Kier alpha value is -1.00. The third-order valence-electron chi connectivity index (χ3n) is 4.28. The van der Waals surface area contributed by atoms with E-state index in [2.05, 4.69) is 17.3 Å². The van der Waals surface area contributed by atoms with Gasteiger partial charge in [0.1, 0.15) is 0 Å². The molecule has 1 aromatic carbocycles. The third kappa shape index (κ3) is 3.55. The van der Waals surface area contributed by atoms with Gasteiger partial charge in [0.25, 0.3) is 0 Å². The van der Waals surface area contributed by atoms with E-state index in [9.17, 15) is 8.78 Å². The predicted molar refractivity (Wildman–Crippen MR) is 77.7 cm³/mol. The minimum atomic E-state index is -0.766. The van der Waals surface area contributed by atoms with Crippen molar-refractivity contribution in [2.24, 2.45) is 0 Å². The summed E-state index contributed by atoms with van der Waals surface area (Å²) in [6.07, 6.45) is 4.62. The number of hydrogen-bond acceptors (Lipinski definition) is 2. The largest absolute Gasteiger partial charge is 0.310 e. The molecule has 1 fully saturated rings. The monoisotopic (exact) mass is 282 g/mol. The van der Waals surface area contributed by atoms with Crippen LogP contribution in [0.4, 0.5) is 8.78 Å². The van der Waals surface area contributed by atoms with E-state index in [0.29, 0.717) is 11.6 Å². The summed E-state index contributed by atoms with van der Waals surface area (Å²) >= 11 is 0. The lowest BCUT2D eigenvalue weighted by Crippen LogP contribution is -2.39. The number of nitrogens with one attached hydrogen (secondary N) is 1. The first-order valence-corrected chi connectivity index (χ1v) is 7.51. The van der Waals surface area contributed by atoms with Gasteiger partial charge in [-0.25, -0.2) is 8.78 Å². The van der Waals surface area contributed by atoms with Gasteiger partial charge in [0.05, 0.1) is 0 Å². The van der Waals surface area contributed by atoms with Crippen molar-refractivity contribution in [3.63, 3.8) is 0 Å². The second-order valence-electron chi connectivity index (χ2n) is 5.61. The van der Waals surface area contributed by atoms with Gasteiger partial charge >= 0.3 is 0 Å². The van der Waals surface area contributed by atoms with Gasteiger partial charge in [0.2, 0.25) is 0 Å². The maximum absolute atomic E-state index is 13.9. The molecule has 2 nitrogen and oxygen atoms in total. The van der Waals surface area contributed by atoms with Crippen molar-refractivity contribution in [3.8, 4) is 0 Å². The molecule has 0 spiro atoms. The zero-order chi connectivity index (χ0) is 14.5. The normalized spacial score (nSPS) is 17.2. The van der Waals surface area contributed by atoms with Gasteiger partial charge in [-0.1, -0.05) is 25.5 Å². The summed E-state index contributed by atoms with van der Waals surface area (Å²) < 4.78 is 27.3. The molecule has 2 rings (SSSR count). The number of halogens is 2. The van der Waals surface area contributed by atoms with E-state index in [1.165, 1.54) is 25.3 Å². The molecule has 1 unspecified atom stereocenters. The first-order valence-electron chi connectivity index (χ1n) is 7.51. The molecule has 1 aliphatic carbocycles. The van der Waals surface area contributed by atoms with E-state index >= 15 is 0 Å². The van der Waals surface area contributed by atoms with Crippen LogP contribution in [0, 0.1) is 11.6 Å². The molecule has 0 radical (unpaired) electrons. The molecule has 0 heterocycles. The first kappa shape index (κ1) is 15.4. The lowest BCUT2D eigenvalue weighted by molar-refractivity contribution is 0.153.